The van der Waals surface area contributed by atoms with Crippen LogP contribution in [0.3, 0.4) is 0 Å². The summed E-state index contributed by atoms with van der Waals surface area (Å²) in [6.45, 7) is 5.09. The van der Waals surface area contributed by atoms with Crippen molar-refractivity contribution in [1.82, 2.24) is 4.90 Å². The molecule has 0 aliphatic carbocycles. The van der Waals surface area contributed by atoms with E-state index in [1.54, 1.807) is 0 Å². The lowest BCUT2D eigenvalue weighted by atomic mass is 9.61. The first-order valence-electron chi connectivity index (χ1n) is 7.65. The van der Waals surface area contributed by atoms with Crippen molar-refractivity contribution in [3.63, 3.8) is 0 Å². The summed E-state index contributed by atoms with van der Waals surface area (Å²) in [6, 6.07) is 2.47. The highest BCUT2D eigenvalue weighted by Crippen LogP contribution is 2.55. The van der Waals surface area contributed by atoms with Gasteiger partial charge in [0.25, 0.3) is 0 Å². The van der Waals surface area contributed by atoms with E-state index in [2.05, 4.69) is 17.9 Å². The number of fused-ring (bicyclic) bond motifs is 2. The van der Waals surface area contributed by atoms with Crippen LogP contribution in [0.1, 0.15) is 45.4 Å². The number of hydrogen-bond donors (Lipinski definition) is 1. The molecule has 0 aromatic heterocycles. The Morgan fingerprint density at radius 2 is 2.11 bits per heavy atom. The second-order valence-corrected chi connectivity index (χ2v) is 6.48. The van der Waals surface area contributed by atoms with Gasteiger partial charge in [-0.15, -0.1) is 0 Å². The van der Waals surface area contributed by atoms with E-state index in [-0.39, 0.29) is 12.2 Å². The van der Waals surface area contributed by atoms with Crippen molar-refractivity contribution in [2.75, 3.05) is 19.6 Å². The zero-order valence-electron chi connectivity index (χ0n) is 11.8. The highest BCUT2D eigenvalue weighted by atomic mass is 16.5. The lowest BCUT2D eigenvalue weighted by Crippen LogP contribution is -2.58. The maximum Gasteiger partial charge on any atom is 0.115 e. The molecule has 4 heteroatoms. The molecule has 0 aromatic carbocycles. The molecule has 3 aliphatic heterocycles. The second-order valence-electron chi connectivity index (χ2n) is 6.48. The minimum absolute atomic E-state index is 0.0368. The van der Waals surface area contributed by atoms with E-state index in [0.717, 1.165) is 45.3 Å². The van der Waals surface area contributed by atoms with E-state index in [1.165, 1.54) is 0 Å². The Morgan fingerprint density at radius 1 is 1.37 bits per heavy atom. The fourth-order valence-electron chi connectivity index (χ4n) is 4.33. The Morgan fingerprint density at radius 3 is 2.58 bits per heavy atom. The summed E-state index contributed by atoms with van der Waals surface area (Å²) in [4.78, 5) is 2.40. The van der Waals surface area contributed by atoms with Gasteiger partial charge in [0.15, 0.2) is 0 Å². The van der Waals surface area contributed by atoms with E-state index in [1.807, 2.05) is 0 Å². The van der Waals surface area contributed by atoms with Crippen LogP contribution in [0.2, 0.25) is 0 Å². The van der Waals surface area contributed by atoms with Gasteiger partial charge < -0.3 is 14.7 Å². The highest BCUT2D eigenvalue weighted by molar-refractivity contribution is 5.21. The molecule has 3 rings (SSSR count). The van der Waals surface area contributed by atoms with E-state index < -0.39 is 11.0 Å². The van der Waals surface area contributed by atoms with Crippen LogP contribution in [0.5, 0.6) is 0 Å². The van der Waals surface area contributed by atoms with Crippen molar-refractivity contribution in [3.8, 4) is 6.07 Å². The molecule has 1 N–H and O–H groups in total. The van der Waals surface area contributed by atoms with Crippen LogP contribution < -0.4 is 0 Å². The first-order valence-corrected chi connectivity index (χ1v) is 7.65. The number of nitrogens with zero attached hydrogens (tertiary/aromatic N) is 2. The fourth-order valence-corrected chi connectivity index (χ4v) is 4.33. The number of rotatable bonds is 3. The average molecular weight is 264 g/mol. The largest absolute Gasteiger partial charge is 0.388 e. The number of ether oxygens (including phenoxy) is 1. The first kappa shape index (κ1) is 13.4. The Labute approximate surface area is 115 Å². The third-order valence-corrected chi connectivity index (χ3v) is 5.46. The maximum absolute atomic E-state index is 11.1. The van der Waals surface area contributed by atoms with E-state index in [0.29, 0.717) is 12.8 Å². The third-order valence-electron chi connectivity index (χ3n) is 5.46. The standard InChI is InChI=1S/C15H24N2O2/c1-2-7-17-8-5-15(18,6-9-17)14(11-16)10-12-3-4-13(14)19-12/h12-13,18H,2-10H2,1H3. The minimum atomic E-state index is -0.841. The molecular formula is C15H24N2O2. The topological polar surface area (TPSA) is 56.5 Å². The summed E-state index contributed by atoms with van der Waals surface area (Å²) in [5.41, 5.74) is -1.49. The Balaban J connectivity index is 1.76. The zero-order chi connectivity index (χ0) is 13.5. The Hall–Kier alpha value is -0.630. The molecule has 106 valence electrons. The molecule has 3 aliphatic rings. The summed E-state index contributed by atoms with van der Waals surface area (Å²) in [5.74, 6) is 0. The van der Waals surface area contributed by atoms with Crippen LogP contribution in [-0.2, 0) is 4.74 Å². The zero-order valence-corrected chi connectivity index (χ0v) is 11.8. The van der Waals surface area contributed by atoms with Gasteiger partial charge in [0.05, 0.1) is 23.9 Å². The van der Waals surface area contributed by atoms with Crippen LogP contribution in [0.15, 0.2) is 0 Å². The highest BCUT2D eigenvalue weighted by Gasteiger charge is 2.63. The summed E-state index contributed by atoms with van der Waals surface area (Å²) in [6.07, 6.45) is 5.49. The number of aliphatic hydroxyl groups is 1. The normalized spacial score (nSPS) is 41.3. The van der Waals surface area contributed by atoms with Crippen molar-refractivity contribution < 1.29 is 9.84 Å². The van der Waals surface area contributed by atoms with E-state index in [9.17, 15) is 10.4 Å². The first-order chi connectivity index (χ1) is 9.13. The summed E-state index contributed by atoms with van der Waals surface area (Å²) >= 11 is 0. The molecule has 2 bridgehead atoms. The van der Waals surface area contributed by atoms with E-state index in [4.69, 9.17) is 4.74 Å². The molecule has 0 aromatic rings. The molecule has 3 heterocycles. The molecule has 4 nitrogen and oxygen atoms in total. The van der Waals surface area contributed by atoms with Gasteiger partial charge in [-0.25, -0.2) is 0 Å². The monoisotopic (exact) mass is 264 g/mol. The number of likely N-dealkylation sites (tertiary alicyclic amines) is 1. The van der Waals surface area contributed by atoms with Gasteiger partial charge >= 0.3 is 0 Å². The molecule has 3 atom stereocenters. The molecule has 0 spiro atoms. The number of piperidine rings is 1. The number of hydrogen-bond acceptors (Lipinski definition) is 4. The van der Waals surface area contributed by atoms with E-state index >= 15 is 0 Å². The smallest absolute Gasteiger partial charge is 0.115 e. The quantitative estimate of drug-likeness (QED) is 0.842. The third kappa shape index (κ3) is 1.91. The van der Waals surface area contributed by atoms with Crippen molar-refractivity contribution in [3.05, 3.63) is 0 Å². The summed E-state index contributed by atoms with van der Waals surface area (Å²) in [7, 11) is 0. The lowest BCUT2D eigenvalue weighted by molar-refractivity contribution is -0.118. The molecule has 19 heavy (non-hydrogen) atoms. The van der Waals surface area contributed by atoms with Crippen LogP contribution >= 0.6 is 0 Å². The van der Waals surface area contributed by atoms with Gasteiger partial charge in [-0.3, -0.25) is 0 Å². The predicted molar refractivity (Wildman–Crippen MR) is 71.5 cm³/mol. The molecule has 3 unspecified atom stereocenters. The van der Waals surface area contributed by atoms with Crippen molar-refractivity contribution in [2.24, 2.45) is 5.41 Å². The minimum Gasteiger partial charge on any atom is -0.388 e. The van der Waals surface area contributed by atoms with Gasteiger partial charge in [-0.1, -0.05) is 6.92 Å². The van der Waals surface area contributed by atoms with Crippen molar-refractivity contribution in [2.45, 2.75) is 63.3 Å². The molecule has 0 radical (unpaired) electrons. The van der Waals surface area contributed by atoms with Crippen LogP contribution in [-0.4, -0.2) is 47.4 Å². The SMILES string of the molecule is CCCN1CCC(O)(C2(C#N)CC3CCC2O3)CC1. The Kier molecular flexibility index (Phi) is 3.33. The van der Waals surface area contributed by atoms with Gasteiger partial charge in [0.2, 0.25) is 0 Å². The van der Waals surface area contributed by atoms with Crippen LogP contribution in [0, 0.1) is 16.7 Å². The van der Waals surface area contributed by atoms with Crippen LogP contribution in [0.4, 0.5) is 0 Å². The molecule has 0 saturated carbocycles. The molecular weight excluding hydrogens is 240 g/mol. The second kappa shape index (κ2) is 4.73. The molecule has 0 amide bonds. The molecule has 3 saturated heterocycles. The Bertz CT molecular complexity index is 384. The summed E-state index contributed by atoms with van der Waals surface area (Å²) < 4.78 is 5.88. The summed E-state index contributed by atoms with van der Waals surface area (Å²) in [5, 5.41) is 20.8. The maximum atomic E-state index is 11.1. The van der Waals surface area contributed by atoms with Gasteiger partial charge in [0, 0.05) is 13.1 Å². The predicted octanol–water partition coefficient (Wildman–Crippen LogP) is 1.68. The van der Waals surface area contributed by atoms with Crippen LogP contribution in [0.25, 0.3) is 0 Å². The van der Waals surface area contributed by atoms with Gasteiger partial charge in [-0.05, 0) is 45.1 Å². The van der Waals surface area contributed by atoms with Gasteiger partial charge in [-0.2, -0.15) is 5.26 Å². The van der Waals surface area contributed by atoms with Gasteiger partial charge in [0.1, 0.15) is 5.41 Å². The molecule has 3 fully saturated rings. The lowest BCUT2D eigenvalue weighted by Gasteiger charge is -2.48. The fraction of sp³-hybridized carbons (Fsp3) is 0.933. The number of nitriles is 1. The average Bonchev–Trinajstić information content (AvgIpc) is 3.03. The van der Waals surface area contributed by atoms with Crippen molar-refractivity contribution >= 4 is 0 Å². The van der Waals surface area contributed by atoms with Crippen molar-refractivity contribution in [1.29, 1.82) is 5.26 Å².